The molecule has 0 radical (unpaired) electrons. The molecule has 3 rings (SSSR count). The minimum Gasteiger partial charge on any atom is -0.487 e. The fourth-order valence-electron chi connectivity index (χ4n) is 2.35. The van der Waals surface area contributed by atoms with Gasteiger partial charge in [0.15, 0.2) is 11.5 Å². The van der Waals surface area contributed by atoms with Crippen molar-refractivity contribution in [2.24, 2.45) is 0 Å². The number of nitrogens with one attached hydrogen (secondary N) is 1. The minimum atomic E-state index is -0.134. The summed E-state index contributed by atoms with van der Waals surface area (Å²) >= 11 is 6.07. The summed E-state index contributed by atoms with van der Waals surface area (Å²) in [5.74, 6) is 1.35. The Hall–Kier alpha value is -1.75. The van der Waals surface area contributed by atoms with Gasteiger partial charge in [0.25, 0.3) is 0 Å². The van der Waals surface area contributed by atoms with Crippen molar-refractivity contribution in [1.29, 1.82) is 0 Å². The molecule has 1 unspecified atom stereocenters. The molecule has 1 N–H and O–H groups in total. The van der Waals surface area contributed by atoms with E-state index in [0.717, 1.165) is 18.7 Å². The van der Waals surface area contributed by atoms with Gasteiger partial charge in [-0.25, -0.2) is 0 Å². The molecule has 0 aliphatic carbocycles. The SMILES string of the molecule is COC(COc1ccc(Cl)cc1OC1CNC1)c1ccccc1. The third-order valence-electron chi connectivity index (χ3n) is 3.79. The number of ether oxygens (including phenoxy) is 3. The molecule has 1 saturated heterocycles. The van der Waals surface area contributed by atoms with E-state index in [0.29, 0.717) is 23.1 Å². The van der Waals surface area contributed by atoms with Gasteiger partial charge in [0.05, 0.1) is 0 Å². The first-order valence-electron chi connectivity index (χ1n) is 7.63. The van der Waals surface area contributed by atoms with Crippen LogP contribution < -0.4 is 14.8 Å². The first-order chi connectivity index (χ1) is 11.3. The lowest BCUT2D eigenvalue weighted by atomic mass is 10.1. The number of benzene rings is 2. The van der Waals surface area contributed by atoms with Crippen LogP contribution >= 0.6 is 11.6 Å². The van der Waals surface area contributed by atoms with E-state index < -0.39 is 0 Å². The molecule has 1 aliphatic heterocycles. The zero-order valence-electron chi connectivity index (χ0n) is 13.0. The first kappa shape index (κ1) is 16.1. The maximum atomic E-state index is 6.07. The van der Waals surface area contributed by atoms with Crippen LogP contribution in [0.4, 0.5) is 0 Å². The Morgan fingerprint density at radius 3 is 2.57 bits per heavy atom. The second-order valence-corrected chi connectivity index (χ2v) is 5.87. The van der Waals surface area contributed by atoms with Gasteiger partial charge in [-0.05, 0) is 17.7 Å². The zero-order valence-corrected chi connectivity index (χ0v) is 13.8. The number of hydrogen-bond donors (Lipinski definition) is 1. The monoisotopic (exact) mass is 333 g/mol. The highest BCUT2D eigenvalue weighted by Gasteiger charge is 2.21. The highest BCUT2D eigenvalue weighted by atomic mass is 35.5. The summed E-state index contributed by atoms with van der Waals surface area (Å²) in [6.07, 6.45) is 0.0354. The Morgan fingerprint density at radius 2 is 1.91 bits per heavy atom. The van der Waals surface area contributed by atoms with Gasteiger partial charge >= 0.3 is 0 Å². The van der Waals surface area contributed by atoms with Crippen molar-refractivity contribution in [3.05, 3.63) is 59.1 Å². The predicted molar refractivity (Wildman–Crippen MR) is 90.4 cm³/mol. The van der Waals surface area contributed by atoms with Crippen LogP contribution in [0.5, 0.6) is 11.5 Å². The van der Waals surface area contributed by atoms with E-state index in [9.17, 15) is 0 Å². The summed E-state index contributed by atoms with van der Waals surface area (Å²) < 4.78 is 17.4. The van der Waals surface area contributed by atoms with Crippen molar-refractivity contribution in [3.8, 4) is 11.5 Å². The van der Waals surface area contributed by atoms with Crippen molar-refractivity contribution < 1.29 is 14.2 Å². The fourth-order valence-corrected chi connectivity index (χ4v) is 2.51. The normalized spacial score (nSPS) is 15.7. The Balaban J connectivity index is 1.69. The molecule has 2 aromatic carbocycles. The van der Waals surface area contributed by atoms with Gasteiger partial charge in [0.1, 0.15) is 18.8 Å². The molecule has 1 atom stereocenters. The van der Waals surface area contributed by atoms with E-state index in [1.165, 1.54) is 0 Å². The van der Waals surface area contributed by atoms with Crippen LogP contribution in [0.1, 0.15) is 11.7 Å². The van der Waals surface area contributed by atoms with Gasteiger partial charge in [-0.2, -0.15) is 0 Å². The summed E-state index contributed by atoms with van der Waals surface area (Å²) in [6.45, 7) is 2.09. The topological polar surface area (TPSA) is 39.7 Å². The lowest BCUT2D eigenvalue weighted by molar-refractivity contribution is 0.0546. The molecule has 1 fully saturated rings. The van der Waals surface area contributed by atoms with E-state index in [2.05, 4.69) is 5.32 Å². The van der Waals surface area contributed by atoms with Gasteiger partial charge in [0.2, 0.25) is 0 Å². The lowest BCUT2D eigenvalue weighted by Gasteiger charge is -2.28. The van der Waals surface area contributed by atoms with E-state index >= 15 is 0 Å². The Labute approximate surface area is 141 Å². The van der Waals surface area contributed by atoms with Crippen LogP contribution in [0, 0.1) is 0 Å². The smallest absolute Gasteiger partial charge is 0.163 e. The van der Waals surface area contributed by atoms with Crippen molar-refractivity contribution >= 4 is 11.6 Å². The van der Waals surface area contributed by atoms with E-state index in [1.54, 1.807) is 19.2 Å². The molecule has 1 aliphatic rings. The average Bonchev–Trinajstić information content (AvgIpc) is 2.54. The van der Waals surface area contributed by atoms with Crippen LogP contribution in [-0.4, -0.2) is 32.9 Å². The standard InChI is InChI=1S/C18H20ClNO3/c1-21-18(13-5-3-2-4-6-13)12-22-16-8-7-14(19)9-17(16)23-15-10-20-11-15/h2-9,15,18,20H,10-12H2,1H3. The maximum Gasteiger partial charge on any atom is 0.163 e. The summed E-state index contributed by atoms with van der Waals surface area (Å²) in [6, 6.07) is 15.4. The summed E-state index contributed by atoms with van der Waals surface area (Å²) in [7, 11) is 1.68. The zero-order chi connectivity index (χ0) is 16.1. The van der Waals surface area contributed by atoms with Crippen LogP contribution in [0.25, 0.3) is 0 Å². The number of rotatable bonds is 7. The highest BCUT2D eigenvalue weighted by Crippen LogP contribution is 2.32. The third-order valence-corrected chi connectivity index (χ3v) is 4.02. The molecule has 0 aromatic heterocycles. The maximum absolute atomic E-state index is 6.07. The van der Waals surface area contributed by atoms with Gasteiger partial charge in [-0.3, -0.25) is 0 Å². The molecule has 122 valence electrons. The second-order valence-electron chi connectivity index (χ2n) is 5.44. The highest BCUT2D eigenvalue weighted by molar-refractivity contribution is 6.30. The van der Waals surface area contributed by atoms with Crippen LogP contribution in [0.3, 0.4) is 0 Å². The molecule has 5 heteroatoms. The van der Waals surface area contributed by atoms with E-state index in [-0.39, 0.29) is 12.2 Å². The second kappa shape index (κ2) is 7.68. The molecular weight excluding hydrogens is 314 g/mol. The Kier molecular flexibility index (Phi) is 5.39. The van der Waals surface area contributed by atoms with E-state index in [1.807, 2.05) is 36.4 Å². The van der Waals surface area contributed by atoms with Crippen LogP contribution in [-0.2, 0) is 4.74 Å². The summed E-state index contributed by atoms with van der Waals surface area (Å²) in [5.41, 5.74) is 1.08. The van der Waals surface area contributed by atoms with Gasteiger partial charge < -0.3 is 19.5 Å². The fraction of sp³-hybridized carbons (Fsp3) is 0.333. The summed E-state index contributed by atoms with van der Waals surface area (Å²) in [5, 5.41) is 3.81. The number of methoxy groups -OCH3 is 1. The molecule has 2 aromatic rings. The largest absolute Gasteiger partial charge is 0.487 e. The molecule has 1 heterocycles. The average molecular weight is 334 g/mol. The van der Waals surface area contributed by atoms with Crippen molar-refractivity contribution in [2.75, 3.05) is 26.8 Å². The lowest BCUT2D eigenvalue weighted by Crippen LogP contribution is -2.50. The minimum absolute atomic E-state index is 0.134. The Morgan fingerprint density at radius 1 is 1.13 bits per heavy atom. The summed E-state index contributed by atoms with van der Waals surface area (Å²) in [4.78, 5) is 0. The third kappa shape index (κ3) is 4.16. The molecule has 0 bridgehead atoms. The number of hydrogen-bond acceptors (Lipinski definition) is 4. The first-order valence-corrected chi connectivity index (χ1v) is 8.01. The molecule has 0 spiro atoms. The van der Waals surface area contributed by atoms with Crippen LogP contribution in [0.2, 0.25) is 5.02 Å². The van der Waals surface area contributed by atoms with E-state index in [4.69, 9.17) is 25.8 Å². The molecule has 4 nitrogen and oxygen atoms in total. The predicted octanol–water partition coefficient (Wildman–Crippen LogP) is 3.46. The van der Waals surface area contributed by atoms with Gasteiger partial charge in [0, 0.05) is 31.3 Å². The van der Waals surface area contributed by atoms with Crippen molar-refractivity contribution in [3.63, 3.8) is 0 Å². The molecule has 0 amide bonds. The van der Waals surface area contributed by atoms with Crippen molar-refractivity contribution in [2.45, 2.75) is 12.2 Å². The van der Waals surface area contributed by atoms with Gasteiger partial charge in [-0.1, -0.05) is 41.9 Å². The quantitative estimate of drug-likeness (QED) is 0.842. The van der Waals surface area contributed by atoms with Crippen molar-refractivity contribution in [1.82, 2.24) is 5.32 Å². The van der Waals surface area contributed by atoms with Crippen LogP contribution in [0.15, 0.2) is 48.5 Å². The Bertz CT molecular complexity index is 631. The molecule has 23 heavy (non-hydrogen) atoms. The molecule has 0 saturated carbocycles. The molecular formula is C18H20ClNO3. The van der Waals surface area contributed by atoms with Gasteiger partial charge in [-0.15, -0.1) is 0 Å². The number of halogens is 1.